The summed E-state index contributed by atoms with van der Waals surface area (Å²) in [5, 5.41) is 10.0. The largest absolute Gasteiger partial charge is 0.350 e. The van der Waals surface area contributed by atoms with Crippen LogP contribution < -0.4 is 5.32 Å². The molecule has 3 aliphatic rings. The summed E-state index contributed by atoms with van der Waals surface area (Å²) < 4.78 is 41.8. The number of carbonyl (C=O) groups excluding carboxylic acids is 1. The predicted molar refractivity (Wildman–Crippen MR) is 152 cm³/mol. The second-order valence-electron chi connectivity index (χ2n) is 10.5. The number of aliphatic imine (C=N–C) groups is 1. The fourth-order valence-corrected chi connectivity index (χ4v) is 6.66. The molecule has 5 heterocycles. The van der Waals surface area contributed by atoms with Crippen LogP contribution in [0.1, 0.15) is 53.8 Å². The molecule has 4 aromatic rings. The molecule has 0 bridgehead atoms. The van der Waals surface area contributed by atoms with Gasteiger partial charge in [0.05, 0.1) is 22.8 Å². The molecule has 7 rings (SSSR count). The summed E-state index contributed by atoms with van der Waals surface area (Å²) in [5.41, 5.74) is 2.20. The zero-order chi connectivity index (χ0) is 29.0. The molecule has 1 aromatic carbocycles. The Morgan fingerprint density at radius 1 is 1.14 bits per heavy atom. The number of thiazole rings is 1. The molecule has 1 saturated heterocycles. The molecular weight excluding hydrogens is 587 g/mol. The van der Waals surface area contributed by atoms with E-state index in [4.69, 9.17) is 16.6 Å². The van der Waals surface area contributed by atoms with E-state index in [2.05, 4.69) is 20.4 Å². The molecule has 13 heteroatoms. The van der Waals surface area contributed by atoms with Gasteiger partial charge in [-0.15, -0.1) is 11.3 Å². The highest BCUT2D eigenvalue weighted by Gasteiger charge is 2.53. The number of amides is 1. The van der Waals surface area contributed by atoms with E-state index < -0.39 is 23.8 Å². The Morgan fingerprint density at radius 3 is 2.67 bits per heavy atom. The minimum absolute atomic E-state index is 0.0963. The van der Waals surface area contributed by atoms with Crippen molar-refractivity contribution in [2.24, 2.45) is 4.99 Å². The molecular formula is C29H23ClF3N7OS. The first-order chi connectivity index (χ1) is 20.3. The molecule has 3 aromatic heterocycles. The third-order valence-corrected chi connectivity index (χ3v) is 9.00. The topological polar surface area (TPSA) is 88.3 Å². The van der Waals surface area contributed by atoms with Crippen LogP contribution >= 0.6 is 22.9 Å². The Bertz CT molecular complexity index is 1720. The minimum Gasteiger partial charge on any atom is -0.350 e. The normalized spacial score (nSPS) is 21.0. The maximum Gasteiger partial charge on any atom is 0.333 e. The average molecular weight is 610 g/mol. The molecule has 2 atom stereocenters. The van der Waals surface area contributed by atoms with Gasteiger partial charge in [0.1, 0.15) is 11.9 Å². The lowest BCUT2D eigenvalue weighted by molar-refractivity contribution is -0.124. The van der Waals surface area contributed by atoms with E-state index >= 15 is 0 Å². The fraction of sp³-hybridized carbons (Fsp3) is 0.276. The molecule has 2 aliphatic heterocycles. The van der Waals surface area contributed by atoms with Crippen molar-refractivity contribution in [3.05, 3.63) is 105 Å². The Hall–Kier alpha value is -4.03. The third kappa shape index (κ3) is 4.58. The summed E-state index contributed by atoms with van der Waals surface area (Å²) in [4.78, 5) is 29.5. The first-order valence-electron chi connectivity index (χ1n) is 13.3. The summed E-state index contributed by atoms with van der Waals surface area (Å²) in [6.45, 7) is -2.44. The van der Waals surface area contributed by atoms with Crippen LogP contribution in [0.3, 0.4) is 0 Å². The highest BCUT2D eigenvalue weighted by Crippen LogP contribution is 2.49. The number of fused-ring (bicyclic) bond motifs is 1. The number of pyridine rings is 1. The van der Waals surface area contributed by atoms with E-state index in [9.17, 15) is 18.0 Å². The van der Waals surface area contributed by atoms with Crippen LogP contribution in [-0.2, 0) is 10.2 Å². The first-order valence-corrected chi connectivity index (χ1v) is 14.6. The van der Waals surface area contributed by atoms with Crippen LogP contribution in [0.25, 0.3) is 5.57 Å². The second kappa shape index (κ2) is 10.4. The van der Waals surface area contributed by atoms with Gasteiger partial charge in [0, 0.05) is 58.8 Å². The number of hydrogen-bond donors (Lipinski definition) is 1. The van der Waals surface area contributed by atoms with Gasteiger partial charge in [-0.2, -0.15) is 13.9 Å². The molecule has 1 amide bonds. The molecule has 0 unspecified atom stereocenters. The molecule has 0 spiro atoms. The van der Waals surface area contributed by atoms with Crippen molar-refractivity contribution in [3.63, 3.8) is 0 Å². The molecule has 8 nitrogen and oxygen atoms in total. The number of benzene rings is 1. The van der Waals surface area contributed by atoms with E-state index in [1.54, 1.807) is 18.5 Å². The number of alkyl halides is 2. The van der Waals surface area contributed by atoms with Crippen LogP contribution in [0.2, 0.25) is 5.02 Å². The molecule has 1 aliphatic carbocycles. The smallest absolute Gasteiger partial charge is 0.333 e. The number of rotatable bonds is 7. The Morgan fingerprint density at radius 2 is 2.00 bits per heavy atom. The van der Waals surface area contributed by atoms with Crippen LogP contribution in [0.15, 0.2) is 77.1 Å². The molecule has 214 valence electrons. The summed E-state index contributed by atoms with van der Waals surface area (Å²) in [6.07, 6.45) is 6.38. The standard InChI is InChI=1S/C29H23ClF3N7OS/c30-19-13-16(31)4-5-18(19)24-23(20-6-11-40(38-20)28(32)33)21-14-17(15-39(21)25(37-24)26-35-10-12-42-26)36-27(41)29(7-8-29)22-3-1-2-9-34-22/h1-6,9-13,17,24,28H,7-8,14-15H2,(H,36,41)/t17-,24-/m0/s1. The van der Waals surface area contributed by atoms with Crippen molar-refractivity contribution in [3.8, 4) is 0 Å². The molecule has 42 heavy (non-hydrogen) atoms. The molecule has 0 radical (unpaired) electrons. The van der Waals surface area contributed by atoms with Gasteiger partial charge in [-0.05, 0) is 43.2 Å². The maximum atomic E-state index is 14.0. The van der Waals surface area contributed by atoms with Crippen molar-refractivity contribution in [2.45, 2.75) is 43.3 Å². The van der Waals surface area contributed by atoms with Crippen LogP contribution in [0.4, 0.5) is 13.2 Å². The van der Waals surface area contributed by atoms with Gasteiger partial charge in [0.25, 0.3) is 0 Å². The lowest BCUT2D eigenvalue weighted by Crippen LogP contribution is -2.44. The summed E-state index contributed by atoms with van der Waals surface area (Å²) in [7, 11) is 0. The van der Waals surface area contributed by atoms with Crippen molar-refractivity contribution in [1.82, 2.24) is 30.0 Å². The van der Waals surface area contributed by atoms with Gasteiger partial charge < -0.3 is 10.2 Å². The zero-order valence-electron chi connectivity index (χ0n) is 21.9. The lowest BCUT2D eigenvalue weighted by Gasteiger charge is -2.32. The average Bonchev–Trinajstić information content (AvgIpc) is 3.32. The van der Waals surface area contributed by atoms with Crippen molar-refractivity contribution in [2.75, 3.05) is 6.54 Å². The van der Waals surface area contributed by atoms with Crippen LogP contribution in [0, 0.1) is 5.82 Å². The van der Waals surface area contributed by atoms with E-state index in [1.165, 1.54) is 35.7 Å². The van der Waals surface area contributed by atoms with E-state index in [1.807, 2.05) is 28.5 Å². The highest BCUT2D eigenvalue weighted by molar-refractivity contribution is 7.11. The van der Waals surface area contributed by atoms with Crippen molar-refractivity contribution < 1.29 is 18.0 Å². The van der Waals surface area contributed by atoms with Crippen LogP contribution in [0.5, 0.6) is 0 Å². The minimum atomic E-state index is -2.83. The SMILES string of the molecule is O=C(N[C@H]1CC2=C(c3ccn(C(F)F)n3)[C@H](c3ccc(F)cc3Cl)N=C(c3nccs3)N2C1)C1(c2ccccn2)CC1. The van der Waals surface area contributed by atoms with Gasteiger partial charge in [0.15, 0.2) is 10.8 Å². The number of amidine groups is 1. The van der Waals surface area contributed by atoms with Gasteiger partial charge >= 0.3 is 6.55 Å². The number of nitrogens with one attached hydrogen (secondary N) is 1. The van der Waals surface area contributed by atoms with Gasteiger partial charge in [-0.3, -0.25) is 14.8 Å². The number of nitrogens with zero attached hydrogens (tertiary/aromatic N) is 6. The van der Waals surface area contributed by atoms with Gasteiger partial charge in [-0.25, -0.2) is 14.1 Å². The summed E-state index contributed by atoms with van der Waals surface area (Å²) in [6, 6.07) is 10.0. The number of aromatic nitrogens is 4. The fourth-order valence-electron chi connectivity index (χ4n) is 5.74. The summed E-state index contributed by atoms with van der Waals surface area (Å²) in [5.74, 6) is -0.0434. The predicted octanol–water partition coefficient (Wildman–Crippen LogP) is 5.76. The highest BCUT2D eigenvalue weighted by atomic mass is 35.5. The lowest BCUT2D eigenvalue weighted by atomic mass is 9.92. The van der Waals surface area contributed by atoms with Crippen molar-refractivity contribution in [1.29, 1.82) is 0 Å². The molecule has 2 fully saturated rings. The second-order valence-corrected chi connectivity index (χ2v) is 11.8. The first kappa shape index (κ1) is 26.8. The molecule has 1 N–H and O–H groups in total. The molecule has 1 saturated carbocycles. The Labute approximate surface area is 247 Å². The van der Waals surface area contributed by atoms with Crippen LogP contribution in [-0.4, -0.2) is 49.0 Å². The van der Waals surface area contributed by atoms with Gasteiger partial charge in [-0.1, -0.05) is 23.7 Å². The number of carbonyl (C=O) groups is 1. The quantitative estimate of drug-likeness (QED) is 0.288. The monoisotopic (exact) mass is 609 g/mol. The third-order valence-electron chi connectivity index (χ3n) is 7.90. The Balaban J connectivity index is 1.32. The van der Waals surface area contributed by atoms with Crippen molar-refractivity contribution >= 4 is 40.3 Å². The maximum absolute atomic E-state index is 14.0. The van der Waals surface area contributed by atoms with E-state index in [0.717, 1.165) is 11.4 Å². The van der Waals surface area contributed by atoms with E-state index in [-0.39, 0.29) is 17.0 Å². The summed E-state index contributed by atoms with van der Waals surface area (Å²) >= 11 is 7.93. The Kier molecular flexibility index (Phi) is 6.62. The van der Waals surface area contributed by atoms with E-state index in [0.29, 0.717) is 58.2 Å². The number of hydrogen-bond acceptors (Lipinski definition) is 7. The van der Waals surface area contributed by atoms with Gasteiger partial charge in [0.2, 0.25) is 5.91 Å². The number of halogens is 4. The zero-order valence-corrected chi connectivity index (χ0v) is 23.5.